The Bertz CT molecular complexity index is 712. The van der Waals surface area contributed by atoms with Gasteiger partial charge in [-0.2, -0.15) is 0 Å². The van der Waals surface area contributed by atoms with Gasteiger partial charge in [-0.15, -0.1) is 0 Å². The highest BCUT2D eigenvalue weighted by atomic mass is 16.5. The third-order valence-corrected chi connectivity index (χ3v) is 6.01. The van der Waals surface area contributed by atoms with Crippen molar-refractivity contribution in [3.05, 3.63) is 29.8 Å². The van der Waals surface area contributed by atoms with E-state index in [2.05, 4.69) is 20.5 Å². The number of nitrogens with zero attached hydrogens (tertiary/aromatic N) is 2. The van der Waals surface area contributed by atoms with Crippen LogP contribution < -0.4 is 21.1 Å². The van der Waals surface area contributed by atoms with Crippen molar-refractivity contribution in [1.29, 1.82) is 0 Å². The molecule has 1 aliphatic carbocycles. The van der Waals surface area contributed by atoms with Gasteiger partial charge < -0.3 is 25.8 Å². The van der Waals surface area contributed by atoms with Gasteiger partial charge in [0.1, 0.15) is 5.75 Å². The Morgan fingerprint density at radius 2 is 2.00 bits per heavy atom. The van der Waals surface area contributed by atoms with Crippen LogP contribution in [-0.4, -0.2) is 68.8 Å². The van der Waals surface area contributed by atoms with E-state index in [1.807, 2.05) is 24.3 Å². The van der Waals surface area contributed by atoms with E-state index in [4.69, 9.17) is 15.2 Å². The Hall–Kier alpha value is -2.32. The number of benzene rings is 1. The number of guanidine groups is 1. The summed E-state index contributed by atoms with van der Waals surface area (Å²) >= 11 is 0. The number of rotatable bonds is 8. The molecule has 1 aliphatic heterocycles. The van der Waals surface area contributed by atoms with Crippen molar-refractivity contribution in [2.75, 3.05) is 46.5 Å². The van der Waals surface area contributed by atoms with Gasteiger partial charge >= 0.3 is 0 Å². The number of carbonyl (C=O) groups is 1. The highest BCUT2D eigenvalue weighted by molar-refractivity contribution is 5.79. The number of primary amides is 1. The second-order valence-corrected chi connectivity index (χ2v) is 8.07. The number of nitrogens with one attached hydrogen (secondary N) is 2. The molecular weight excluding hydrogens is 382 g/mol. The first-order valence-corrected chi connectivity index (χ1v) is 10.9. The fourth-order valence-corrected chi connectivity index (χ4v) is 4.41. The predicted octanol–water partition coefficient (Wildman–Crippen LogP) is 1.25. The van der Waals surface area contributed by atoms with Crippen molar-refractivity contribution in [2.24, 2.45) is 10.7 Å². The van der Waals surface area contributed by atoms with Crippen molar-refractivity contribution < 1.29 is 14.3 Å². The highest BCUT2D eigenvalue weighted by Crippen LogP contribution is 2.33. The number of nitrogens with two attached hydrogens (primary N) is 1. The van der Waals surface area contributed by atoms with Crippen molar-refractivity contribution in [2.45, 2.75) is 44.2 Å². The summed E-state index contributed by atoms with van der Waals surface area (Å²) in [6.45, 7) is 5.03. The van der Waals surface area contributed by atoms with Gasteiger partial charge in [-0.05, 0) is 30.5 Å². The van der Waals surface area contributed by atoms with Crippen LogP contribution in [-0.2, 0) is 16.1 Å². The van der Waals surface area contributed by atoms with Gasteiger partial charge in [-0.3, -0.25) is 14.7 Å². The Kier molecular flexibility index (Phi) is 8.33. The van der Waals surface area contributed by atoms with Gasteiger partial charge in [0.05, 0.1) is 13.2 Å². The van der Waals surface area contributed by atoms with Crippen LogP contribution in [0.2, 0.25) is 0 Å². The zero-order valence-electron chi connectivity index (χ0n) is 18.0. The van der Waals surface area contributed by atoms with E-state index >= 15 is 0 Å². The molecule has 4 N–H and O–H groups in total. The lowest BCUT2D eigenvalue weighted by molar-refractivity contribution is -0.119. The van der Waals surface area contributed by atoms with Crippen LogP contribution >= 0.6 is 0 Å². The SMILES string of the molecule is CN=C(NCc1cccc(OCC(N)=O)c1)NCC1(N2CCOCC2)CCCCC1. The van der Waals surface area contributed by atoms with Gasteiger partial charge in [0.15, 0.2) is 12.6 Å². The minimum absolute atomic E-state index is 0.121. The molecule has 1 amide bonds. The van der Waals surface area contributed by atoms with Crippen LogP contribution in [0.4, 0.5) is 0 Å². The van der Waals surface area contributed by atoms with Crippen LogP contribution in [0.3, 0.4) is 0 Å². The fraction of sp³-hybridized carbons (Fsp3) is 0.636. The lowest BCUT2D eigenvalue weighted by Gasteiger charge is -2.48. The monoisotopic (exact) mass is 417 g/mol. The van der Waals surface area contributed by atoms with Crippen LogP contribution in [0.5, 0.6) is 5.75 Å². The van der Waals surface area contributed by atoms with Crippen molar-refractivity contribution in [1.82, 2.24) is 15.5 Å². The normalized spacial score (nSPS) is 19.8. The molecule has 2 aliphatic rings. The third kappa shape index (κ3) is 6.34. The smallest absolute Gasteiger partial charge is 0.255 e. The molecule has 1 heterocycles. The summed E-state index contributed by atoms with van der Waals surface area (Å²) in [5.41, 5.74) is 6.37. The predicted molar refractivity (Wildman–Crippen MR) is 118 cm³/mol. The van der Waals surface area contributed by atoms with Crippen molar-refractivity contribution in [3.8, 4) is 5.75 Å². The molecule has 8 heteroatoms. The van der Waals surface area contributed by atoms with E-state index < -0.39 is 5.91 Å². The summed E-state index contributed by atoms with van der Waals surface area (Å²) in [6.07, 6.45) is 6.33. The molecule has 8 nitrogen and oxygen atoms in total. The molecule has 0 radical (unpaired) electrons. The summed E-state index contributed by atoms with van der Waals surface area (Å²) in [5, 5.41) is 6.95. The van der Waals surface area contributed by atoms with Crippen LogP contribution in [0.15, 0.2) is 29.3 Å². The molecule has 3 rings (SSSR count). The second-order valence-electron chi connectivity index (χ2n) is 8.07. The molecule has 0 atom stereocenters. The fourth-order valence-electron chi connectivity index (χ4n) is 4.41. The molecule has 0 spiro atoms. The lowest BCUT2D eigenvalue weighted by atomic mass is 9.80. The van der Waals surface area contributed by atoms with Crippen molar-refractivity contribution in [3.63, 3.8) is 0 Å². The minimum atomic E-state index is -0.486. The first-order valence-electron chi connectivity index (χ1n) is 10.9. The Balaban J connectivity index is 1.54. The molecule has 1 aromatic rings. The van der Waals surface area contributed by atoms with E-state index in [0.717, 1.165) is 44.4 Å². The molecule has 2 fully saturated rings. The topological polar surface area (TPSA) is 101 Å². The highest BCUT2D eigenvalue weighted by Gasteiger charge is 2.38. The average Bonchev–Trinajstić information content (AvgIpc) is 2.79. The van der Waals surface area contributed by atoms with Crippen molar-refractivity contribution >= 4 is 11.9 Å². The number of hydrogen-bond acceptors (Lipinski definition) is 5. The number of hydrogen-bond donors (Lipinski definition) is 3. The molecule has 0 aromatic heterocycles. The van der Waals surface area contributed by atoms with Crippen LogP contribution in [0, 0.1) is 0 Å². The molecule has 0 bridgehead atoms. The molecule has 0 unspecified atom stereocenters. The summed E-state index contributed by atoms with van der Waals surface area (Å²) in [4.78, 5) is 17.9. The van der Waals surface area contributed by atoms with Crippen LogP contribution in [0.25, 0.3) is 0 Å². The first-order chi connectivity index (χ1) is 14.6. The maximum Gasteiger partial charge on any atom is 0.255 e. The standard InChI is InChI=1S/C22H35N5O3/c1-24-21(25-15-18-6-5-7-19(14-18)30-16-20(23)28)26-17-22(8-3-2-4-9-22)27-10-12-29-13-11-27/h5-7,14H,2-4,8-13,15-17H2,1H3,(H2,23,28)(H2,24,25,26). The van der Waals surface area contributed by atoms with Crippen LogP contribution in [0.1, 0.15) is 37.7 Å². The number of carbonyl (C=O) groups excluding carboxylic acids is 1. The number of ether oxygens (including phenoxy) is 2. The van der Waals surface area contributed by atoms with Gasteiger partial charge in [0.2, 0.25) is 0 Å². The van der Waals surface area contributed by atoms with E-state index in [9.17, 15) is 4.79 Å². The average molecular weight is 418 g/mol. The first kappa shape index (κ1) is 22.4. The Morgan fingerprint density at radius 1 is 1.23 bits per heavy atom. The zero-order chi connectivity index (χ0) is 21.2. The van der Waals surface area contributed by atoms with Gasteiger partial charge in [0.25, 0.3) is 5.91 Å². The summed E-state index contributed by atoms with van der Waals surface area (Å²) in [5.74, 6) is 0.932. The number of aliphatic imine (C=N–C) groups is 1. The Morgan fingerprint density at radius 3 is 2.70 bits per heavy atom. The molecule has 1 saturated carbocycles. The molecule has 166 valence electrons. The molecule has 30 heavy (non-hydrogen) atoms. The van der Waals surface area contributed by atoms with Gasteiger partial charge in [-0.1, -0.05) is 31.4 Å². The number of morpholine rings is 1. The lowest BCUT2D eigenvalue weighted by Crippen LogP contribution is -2.60. The molecule has 1 aromatic carbocycles. The maximum absolute atomic E-state index is 10.9. The molecular formula is C22H35N5O3. The quantitative estimate of drug-likeness (QED) is 0.435. The van der Waals surface area contributed by atoms with E-state index in [1.165, 1.54) is 32.1 Å². The molecule has 1 saturated heterocycles. The van der Waals surface area contributed by atoms with E-state index in [-0.39, 0.29) is 12.1 Å². The summed E-state index contributed by atoms with van der Waals surface area (Å²) in [7, 11) is 1.80. The maximum atomic E-state index is 10.9. The summed E-state index contributed by atoms with van der Waals surface area (Å²) < 4.78 is 11.0. The van der Waals surface area contributed by atoms with E-state index in [0.29, 0.717) is 12.3 Å². The minimum Gasteiger partial charge on any atom is -0.484 e. The summed E-state index contributed by atoms with van der Waals surface area (Å²) in [6, 6.07) is 7.63. The van der Waals surface area contributed by atoms with E-state index in [1.54, 1.807) is 7.05 Å². The van der Waals surface area contributed by atoms with Gasteiger partial charge in [0, 0.05) is 38.8 Å². The largest absolute Gasteiger partial charge is 0.484 e. The third-order valence-electron chi connectivity index (χ3n) is 6.01. The Labute approximate surface area is 179 Å². The second kappa shape index (κ2) is 11.2. The zero-order valence-corrected chi connectivity index (χ0v) is 18.0. The number of amides is 1. The van der Waals surface area contributed by atoms with Gasteiger partial charge in [-0.25, -0.2) is 0 Å².